The first kappa shape index (κ1) is 16.4. The molecular weight excluding hydrogens is 326 g/mol. The van der Waals surface area contributed by atoms with Gasteiger partial charge in [-0.2, -0.15) is 0 Å². The summed E-state index contributed by atoms with van der Waals surface area (Å²) in [5.74, 6) is -0.0913. The minimum absolute atomic E-state index is 0.154. The number of aromatic nitrogens is 1. The number of benzene rings is 1. The average Bonchev–Trinajstić information content (AvgIpc) is 2.95. The summed E-state index contributed by atoms with van der Waals surface area (Å²) in [7, 11) is -3.26. The van der Waals surface area contributed by atoms with Gasteiger partial charge in [-0.05, 0) is 43.2 Å². The van der Waals surface area contributed by atoms with Gasteiger partial charge in [0.1, 0.15) is 0 Å². The molecule has 1 unspecified atom stereocenters. The number of sulfonamides is 1. The molecule has 7 heteroatoms. The van der Waals surface area contributed by atoms with E-state index in [9.17, 15) is 13.2 Å². The first-order valence-corrected chi connectivity index (χ1v) is 9.39. The molecule has 1 fully saturated rings. The van der Waals surface area contributed by atoms with E-state index in [4.69, 9.17) is 0 Å². The van der Waals surface area contributed by atoms with Gasteiger partial charge in [0.2, 0.25) is 10.0 Å². The van der Waals surface area contributed by atoms with E-state index in [0.29, 0.717) is 24.2 Å². The Morgan fingerprint density at radius 3 is 2.79 bits per heavy atom. The maximum absolute atomic E-state index is 12.5. The number of carbonyl (C=O) groups is 1. The van der Waals surface area contributed by atoms with Crippen molar-refractivity contribution >= 4 is 21.6 Å². The fourth-order valence-electron chi connectivity index (χ4n) is 2.73. The van der Waals surface area contributed by atoms with Gasteiger partial charge >= 0.3 is 0 Å². The highest BCUT2D eigenvalue weighted by molar-refractivity contribution is 7.93. The summed E-state index contributed by atoms with van der Waals surface area (Å²) in [5, 5.41) is 2.90. The summed E-state index contributed by atoms with van der Waals surface area (Å²) in [4.78, 5) is 16.5. The maximum atomic E-state index is 12.5. The molecule has 0 bridgehead atoms. The summed E-state index contributed by atoms with van der Waals surface area (Å²) in [6.07, 6.45) is 3.99. The summed E-state index contributed by atoms with van der Waals surface area (Å²) >= 11 is 0. The number of anilines is 1. The lowest BCUT2D eigenvalue weighted by Gasteiger charge is -2.18. The van der Waals surface area contributed by atoms with E-state index in [2.05, 4.69) is 10.3 Å². The van der Waals surface area contributed by atoms with Gasteiger partial charge in [0.25, 0.3) is 5.91 Å². The SMILES string of the molecule is CC(NC(=O)c1cccc(N2CCCS2(=O)=O)c1)c1cccnc1. The Morgan fingerprint density at radius 1 is 1.29 bits per heavy atom. The lowest BCUT2D eigenvalue weighted by molar-refractivity contribution is 0.0940. The van der Waals surface area contributed by atoms with Crippen LogP contribution in [0.4, 0.5) is 5.69 Å². The lowest BCUT2D eigenvalue weighted by Crippen LogP contribution is -2.28. The highest BCUT2D eigenvalue weighted by atomic mass is 32.2. The number of rotatable bonds is 4. The summed E-state index contributed by atoms with van der Waals surface area (Å²) in [5.41, 5.74) is 1.88. The average molecular weight is 345 g/mol. The first-order chi connectivity index (χ1) is 11.5. The highest BCUT2D eigenvalue weighted by Gasteiger charge is 2.28. The van der Waals surface area contributed by atoms with Gasteiger partial charge in [0.05, 0.1) is 17.5 Å². The van der Waals surface area contributed by atoms with E-state index < -0.39 is 10.0 Å². The molecule has 2 aromatic rings. The fourth-order valence-corrected chi connectivity index (χ4v) is 4.28. The topological polar surface area (TPSA) is 79.4 Å². The van der Waals surface area contributed by atoms with E-state index in [-0.39, 0.29) is 17.7 Å². The van der Waals surface area contributed by atoms with Crippen LogP contribution in [0.2, 0.25) is 0 Å². The van der Waals surface area contributed by atoms with Crippen molar-refractivity contribution in [3.05, 3.63) is 59.9 Å². The van der Waals surface area contributed by atoms with Crippen LogP contribution in [0.15, 0.2) is 48.8 Å². The first-order valence-electron chi connectivity index (χ1n) is 7.79. The van der Waals surface area contributed by atoms with Crippen molar-refractivity contribution in [3.8, 4) is 0 Å². The van der Waals surface area contributed by atoms with E-state index in [1.807, 2.05) is 19.1 Å². The Morgan fingerprint density at radius 2 is 2.12 bits per heavy atom. The van der Waals surface area contributed by atoms with Crippen LogP contribution in [0.25, 0.3) is 0 Å². The van der Waals surface area contributed by atoms with Crippen LogP contribution in [0.5, 0.6) is 0 Å². The molecule has 0 aliphatic carbocycles. The second-order valence-electron chi connectivity index (χ2n) is 5.77. The molecule has 1 aromatic heterocycles. The number of nitrogens with zero attached hydrogens (tertiary/aromatic N) is 2. The normalized spacial score (nSPS) is 17.5. The van der Waals surface area contributed by atoms with Crippen LogP contribution < -0.4 is 9.62 Å². The summed E-state index contributed by atoms with van der Waals surface area (Å²) in [6.45, 7) is 2.34. The van der Waals surface area contributed by atoms with Crippen molar-refractivity contribution in [2.45, 2.75) is 19.4 Å². The van der Waals surface area contributed by atoms with Crippen molar-refractivity contribution < 1.29 is 13.2 Å². The van der Waals surface area contributed by atoms with Crippen molar-refractivity contribution in [1.29, 1.82) is 0 Å². The van der Waals surface area contributed by atoms with Crippen LogP contribution in [0, 0.1) is 0 Å². The lowest BCUT2D eigenvalue weighted by atomic mass is 10.1. The summed E-state index contributed by atoms with van der Waals surface area (Å²) in [6, 6.07) is 10.2. The zero-order valence-electron chi connectivity index (χ0n) is 13.3. The van der Waals surface area contributed by atoms with E-state index >= 15 is 0 Å². The molecule has 1 atom stereocenters. The maximum Gasteiger partial charge on any atom is 0.251 e. The monoisotopic (exact) mass is 345 g/mol. The molecule has 1 N–H and O–H groups in total. The van der Waals surface area contributed by atoms with Gasteiger partial charge in [0, 0.05) is 24.5 Å². The molecule has 0 spiro atoms. The van der Waals surface area contributed by atoms with Crippen LogP contribution in [-0.2, 0) is 10.0 Å². The molecule has 1 aliphatic heterocycles. The highest BCUT2D eigenvalue weighted by Crippen LogP contribution is 2.25. The molecule has 0 saturated carbocycles. The smallest absolute Gasteiger partial charge is 0.251 e. The second-order valence-corrected chi connectivity index (χ2v) is 7.79. The number of carbonyl (C=O) groups excluding carboxylic acids is 1. The van der Waals surface area contributed by atoms with Gasteiger partial charge < -0.3 is 5.32 Å². The minimum Gasteiger partial charge on any atom is -0.345 e. The van der Waals surface area contributed by atoms with Gasteiger partial charge in [-0.1, -0.05) is 12.1 Å². The van der Waals surface area contributed by atoms with Crippen molar-refractivity contribution in [3.63, 3.8) is 0 Å². The number of hydrogen-bond donors (Lipinski definition) is 1. The molecule has 1 aliphatic rings. The van der Waals surface area contributed by atoms with E-state index in [1.165, 1.54) is 4.31 Å². The van der Waals surface area contributed by atoms with E-state index in [1.54, 1.807) is 36.7 Å². The van der Waals surface area contributed by atoms with Crippen LogP contribution in [0.3, 0.4) is 0 Å². The quantitative estimate of drug-likeness (QED) is 0.920. The van der Waals surface area contributed by atoms with Crippen molar-refractivity contribution in [1.82, 2.24) is 10.3 Å². The largest absolute Gasteiger partial charge is 0.345 e. The van der Waals surface area contributed by atoms with Crippen LogP contribution >= 0.6 is 0 Å². The molecule has 1 aromatic carbocycles. The Hall–Kier alpha value is -2.41. The number of amides is 1. The Labute approximate surface area is 141 Å². The number of pyridine rings is 1. The van der Waals surface area contributed by atoms with Crippen molar-refractivity contribution in [2.75, 3.05) is 16.6 Å². The standard InChI is InChI=1S/C17H19N3O3S/c1-13(15-6-3-8-18-12-15)19-17(21)14-5-2-7-16(11-14)20-9-4-10-24(20,22)23/h2-3,5-8,11-13H,4,9-10H2,1H3,(H,19,21). The number of hydrogen-bond acceptors (Lipinski definition) is 4. The number of nitrogens with one attached hydrogen (secondary N) is 1. The van der Waals surface area contributed by atoms with Gasteiger partial charge in [0.15, 0.2) is 0 Å². The third kappa shape index (κ3) is 3.41. The molecule has 3 rings (SSSR count). The fraction of sp³-hybridized carbons (Fsp3) is 0.294. The van der Waals surface area contributed by atoms with Crippen LogP contribution in [0.1, 0.15) is 35.3 Å². The second kappa shape index (κ2) is 6.60. The third-order valence-corrected chi connectivity index (χ3v) is 5.90. The zero-order chi connectivity index (χ0) is 17.2. The van der Waals surface area contributed by atoms with Gasteiger partial charge in [-0.25, -0.2) is 8.42 Å². The molecule has 2 heterocycles. The molecule has 126 valence electrons. The van der Waals surface area contributed by atoms with Gasteiger partial charge in [-0.3, -0.25) is 14.1 Å². The third-order valence-electron chi connectivity index (χ3n) is 4.03. The van der Waals surface area contributed by atoms with Crippen LogP contribution in [-0.4, -0.2) is 31.6 Å². The molecule has 1 amide bonds. The van der Waals surface area contributed by atoms with E-state index in [0.717, 1.165) is 5.56 Å². The molecule has 24 heavy (non-hydrogen) atoms. The molecule has 0 radical (unpaired) electrons. The predicted octanol–water partition coefficient (Wildman–Crippen LogP) is 2.11. The van der Waals surface area contributed by atoms with Gasteiger partial charge in [-0.15, -0.1) is 0 Å². The Balaban J connectivity index is 1.78. The Bertz CT molecular complexity index is 837. The summed E-state index contributed by atoms with van der Waals surface area (Å²) < 4.78 is 25.4. The molecule has 6 nitrogen and oxygen atoms in total. The van der Waals surface area contributed by atoms with Crippen molar-refractivity contribution in [2.24, 2.45) is 0 Å². The minimum atomic E-state index is -3.26. The molecule has 1 saturated heterocycles. The Kier molecular flexibility index (Phi) is 4.53. The zero-order valence-corrected chi connectivity index (χ0v) is 14.2. The predicted molar refractivity (Wildman–Crippen MR) is 92.3 cm³/mol. The molecular formula is C17H19N3O3S.